The van der Waals surface area contributed by atoms with Gasteiger partial charge in [0.15, 0.2) is 11.5 Å². The lowest BCUT2D eigenvalue weighted by molar-refractivity contribution is -0.116. The third-order valence-corrected chi connectivity index (χ3v) is 6.44. The van der Waals surface area contributed by atoms with Crippen molar-refractivity contribution in [2.24, 2.45) is 0 Å². The molecular formula is C30H28N4O7. The lowest BCUT2D eigenvalue weighted by atomic mass is 10.1. The highest BCUT2D eigenvalue weighted by Crippen LogP contribution is 2.32. The van der Waals surface area contributed by atoms with E-state index in [4.69, 9.17) is 14.2 Å². The van der Waals surface area contributed by atoms with E-state index < -0.39 is 23.1 Å². The highest BCUT2D eigenvalue weighted by Gasteiger charge is 2.18. The average molecular weight is 557 g/mol. The number of ether oxygens (including phenoxy) is 3. The maximum Gasteiger partial charge on any atom is 0.332 e. The number of carbonyl (C=O) groups excluding carboxylic acids is 2. The van der Waals surface area contributed by atoms with Gasteiger partial charge in [0.1, 0.15) is 12.3 Å². The molecule has 2 amide bonds. The van der Waals surface area contributed by atoms with Crippen LogP contribution in [0.2, 0.25) is 0 Å². The number of rotatable bonds is 10. The summed E-state index contributed by atoms with van der Waals surface area (Å²) in [5, 5.41) is 5.77. The topological polar surface area (TPSA) is 130 Å². The molecule has 41 heavy (non-hydrogen) atoms. The number of anilines is 1. The fraction of sp³-hybridized carbons (Fsp3) is 0.200. The summed E-state index contributed by atoms with van der Waals surface area (Å²) in [4.78, 5) is 52.5. The highest BCUT2D eigenvalue weighted by molar-refractivity contribution is 5.98. The molecule has 11 heteroatoms. The molecule has 5 rings (SSSR count). The Kier molecular flexibility index (Phi) is 7.86. The molecule has 0 saturated carbocycles. The molecule has 3 aromatic carbocycles. The molecule has 4 aromatic rings. The Balaban J connectivity index is 1.42. The van der Waals surface area contributed by atoms with Crippen LogP contribution < -0.4 is 36.1 Å². The van der Waals surface area contributed by atoms with Crippen LogP contribution in [0.4, 0.5) is 5.69 Å². The van der Waals surface area contributed by atoms with Crippen molar-refractivity contribution >= 4 is 28.4 Å². The number of hydrogen-bond acceptors (Lipinski definition) is 7. The third kappa shape index (κ3) is 5.83. The van der Waals surface area contributed by atoms with E-state index in [0.29, 0.717) is 29.5 Å². The van der Waals surface area contributed by atoms with Crippen molar-refractivity contribution in [1.29, 1.82) is 0 Å². The second-order valence-electron chi connectivity index (χ2n) is 9.18. The van der Waals surface area contributed by atoms with Gasteiger partial charge in [-0.15, -0.1) is 6.58 Å². The van der Waals surface area contributed by atoms with Gasteiger partial charge in [-0.2, -0.15) is 0 Å². The molecule has 0 atom stereocenters. The molecule has 1 aliphatic heterocycles. The van der Waals surface area contributed by atoms with Crippen LogP contribution >= 0.6 is 0 Å². The number of carbonyl (C=O) groups is 2. The van der Waals surface area contributed by atoms with E-state index in [2.05, 4.69) is 17.2 Å². The Bertz CT molecular complexity index is 1760. The van der Waals surface area contributed by atoms with Crippen molar-refractivity contribution in [2.45, 2.75) is 26.6 Å². The van der Waals surface area contributed by atoms with Crippen molar-refractivity contribution < 1.29 is 23.8 Å². The minimum absolute atomic E-state index is 0.0358. The summed E-state index contributed by atoms with van der Waals surface area (Å²) in [6, 6.07) is 16.6. The molecule has 0 radical (unpaired) electrons. The van der Waals surface area contributed by atoms with Crippen molar-refractivity contribution in [2.75, 3.05) is 18.7 Å². The number of aromatic nitrogens is 2. The number of allylic oxidation sites excluding steroid dienone is 1. The zero-order valence-corrected chi connectivity index (χ0v) is 22.3. The molecule has 2 heterocycles. The first-order chi connectivity index (χ1) is 19.9. The molecule has 2 N–H and O–H groups in total. The van der Waals surface area contributed by atoms with Gasteiger partial charge in [-0.1, -0.05) is 12.1 Å². The molecule has 0 aliphatic carbocycles. The zero-order valence-electron chi connectivity index (χ0n) is 22.3. The molecule has 1 aromatic heterocycles. The summed E-state index contributed by atoms with van der Waals surface area (Å²) in [7, 11) is 0. The van der Waals surface area contributed by atoms with Gasteiger partial charge in [0.05, 0.1) is 17.5 Å². The van der Waals surface area contributed by atoms with Gasteiger partial charge in [0.2, 0.25) is 12.7 Å². The number of amides is 2. The molecule has 11 nitrogen and oxygen atoms in total. The lowest BCUT2D eigenvalue weighted by Gasteiger charge is -2.15. The quantitative estimate of drug-likeness (QED) is 0.287. The first-order valence-corrected chi connectivity index (χ1v) is 13.0. The third-order valence-electron chi connectivity index (χ3n) is 6.44. The van der Waals surface area contributed by atoms with Gasteiger partial charge in [-0.25, -0.2) is 4.79 Å². The lowest BCUT2D eigenvalue weighted by Crippen LogP contribution is -2.41. The monoisotopic (exact) mass is 556 g/mol. The smallest absolute Gasteiger partial charge is 0.332 e. The van der Waals surface area contributed by atoms with Crippen molar-refractivity contribution in [1.82, 2.24) is 14.5 Å². The van der Waals surface area contributed by atoms with Crippen molar-refractivity contribution in [3.8, 4) is 17.2 Å². The maximum atomic E-state index is 13.3. The van der Waals surface area contributed by atoms with Gasteiger partial charge < -0.3 is 24.8 Å². The van der Waals surface area contributed by atoms with Crippen LogP contribution in [-0.2, 0) is 24.4 Å². The number of hydrogen-bond donors (Lipinski definition) is 2. The van der Waals surface area contributed by atoms with Crippen LogP contribution in [0.5, 0.6) is 17.2 Å². The Morgan fingerprint density at radius 2 is 1.78 bits per heavy atom. The number of benzene rings is 3. The molecule has 0 bridgehead atoms. The van der Waals surface area contributed by atoms with E-state index >= 15 is 0 Å². The molecule has 0 unspecified atom stereocenters. The molecule has 1 aliphatic rings. The minimum atomic E-state index is -0.692. The first kappa shape index (κ1) is 27.3. The van der Waals surface area contributed by atoms with Crippen LogP contribution in [0.25, 0.3) is 10.9 Å². The van der Waals surface area contributed by atoms with E-state index in [1.54, 1.807) is 36.4 Å². The summed E-state index contributed by atoms with van der Waals surface area (Å²) < 4.78 is 18.3. The largest absolute Gasteiger partial charge is 0.494 e. The van der Waals surface area contributed by atoms with Gasteiger partial charge in [-0.05, 0) is 67.1 Å². The molecular weight excluding hydrogens is 528 g/mol. The second kappa shape index (κ2) is 11.8. The minimum Gasteiger partial charge on any atom is -0.494 e. The number of nitrogens with zero attached hydrogens (tertiary/aromatic N) is 2. The highest BCUT2D eigenvalue weighted by atomic mass is 16.7. The van der Waals surface area contributed by atoms with Crippen LogP contribution in [0.1, 0.15) is 22.8 Å². The summed E-state index contributed by atoms with van der Waals surface area (Å²) in [5.41, 5.74) is 0.469. The Morgan fingerprint density at radius 3 is 2.54 bits per heavy atom. The normalized spacial score (nSPS) is 11.7. The SMILES string of the molecule is C=CCn1c(=O)c2ccc(C(=O)NCc3ccc4c(c3)OCO4)cc2n(CC(=O)Nc2ccc(OCC)cc2)c1=O. The molecule has 210 valence electrons. The average Bonchev–Trinajstić information content (AvgIpc) is 3.45. The molecule has 0 saturated heterocycles. The fourth-order valence-corrected chi connectivity index (χ4v) is 4.48. The van der Waals surface area contributed by atoms with E-state index in [1.165, 1.54) is 28.8 Å². The number of nitrogens with one attached hydrogen (secondary N) is 2. The van der Waals surface area contributed by atoms with Crippen molar-refractivity contribution in [3.63, 3.8) is 0 Å². The van der Waals surface area contributed by atoms with Crippen LogP contribution in [-0.4, -0.2) is 34.3 Å². The summed E-state index contributed by atoms with van der Waals surface area (Å²) in [5.74, 6) is 0.997. The van der Waals surface area contributed by atoms with Gasteiger partial charge in [-0.3, -0.25) is 23.5 Å². The number of fused-ring (bicyclic) bond motifs is 2. The Hall–Kier alpha value is -5.32. The van der Waals surface area contributed by atoms with Crippen LogP contribution in [0.3, 0.4) is 0 Å². The first-order valence-electron chi connectivity index (χ1n) is 13.0. The van der Waals surface area contributed by atoms with Crippen molar-refractivity contribution in [3.05, 3.63) is 105 Å². The predicted octanol–water partition coefficient (Wildman–Crippen LogP) is 3.05. The van der Waals surface area contributed by atoms with E-state index in [1.807, 2.05) is 13.0 Å². The summed E-state index contributed by atoms with van der Waals surface area (Å²) in [6.45, 7) is 5.95. The predicted molar refractivity (Wildman–Crippen MR) is 153 cm³/mol. The van der Waals surface area contributed by atoms with E-state index in [0.717, 1.165) is 10.1 Å². The van der Waals surface area contributed by atoms with Crippen LogP contribution in [0.15, 0.2) is 82.9 Å². The van der Waals surface area contributed by atoms with E-state index in [-0.39, 0.29) is 42.9 Å². The Labute approximate surface area is 234 Å². The second-order valence-corrected chi connectivity index (χ2v) is 9.18. The van der Waals surface area contributed by atoms with Gasteiger partial charge in [0.25, 0.3) is 11.5 Å². The van der Waals surface area contributed by atoms with Gasteiger partial charge >= 0.3 is 5.69 Å². The summed E-state index contributed by atoms with van der Waals surface area (Å²) >= 11 is 0. The standard InChI is InChI=1S/C30H28N4O7/c1-3-13-33-29(37)23-11-6-20(28(36)31-16-19-5-12-25-26(14-19)41-18-40-25)15-24(23)34(30(33)38)17-27(35)32-21-7-9-22(10-8-21)39-4-2/h3,5-12,14-15H,1,4,13,16-18H2,2H3,(H,31,36)(H,32,35). The van der Waals surface area contributed by atoms with Crippen LogP contribution in [0, 0.1) is 0 Å². The zero-order chi connectivity index (χ0) is 28.9. The molecule has 0 fully saturated rings. The summed E-state index contributed by atoms with van der Waals surface area (Å²) in [6.07, 6.45) is 1.43. The van der Waals surface area contributed by atoms with E-state index in [9.17, 15) is 19.2 Å². The maximum absolute atomic E-state index is 13.3. The Morgan fingerprint density at radius 1 is 1.00 bits per heavy atom. The van der Waals surface area contributed by atoms with Gasteiger partial charge in [0, 0.05) is 24.3 Å². The molecule has 0 spiro atoms. The fourth-order valence-electron chi connectivity index (χ4n) is 4.48.